The van der Waals surface area contributed by atoms with Crippen LogP contribution in [0.25, 0.3) is 0 Å². The molecule has 6 nitrogen and oxygen atoms in total. The number of nitrogens with zero attached hydrogens (tertiary/aromatic N) is 1. The molecule has 7 heteroatoms. The van der Waals surface area contributed by atoms with Crippen LogP contribution in [-0.4, -0.2) is 58.7 Å². The van der Waals surface area contributed by atoms with Crippen LogP contribution in [0.15, 0.2) is 4.99 Å². The summed E-state index contributed by atoms with van der Waals surface area (Å²) in [5.74, 6) is 1.38. The number of nitrogens with one attached hydrogen (secondary N) is 2. The lowest BCUT2D eigenvalue weighted by Gasteiger charge is -2.40. The fraction of sp³-hybridized carbons (Fsp3) is 0.938. The molecule has 23 heavy (non-hydrogen) atoms. The first-order chi connectivity index (χ1) is 10.7. The summed E-state index contributed by atoms with van der Waals surface area (Å²) in [6, 6.07) is 0. The Bertz CT molecular complexity index is 483. The molecule has 1 aliphatic rings. The zero-order valence-corrected chi connectivity index (χ0v) is 16.0. The van der Waals surface area contributed by atoms with E-state index in [4.69, 9.17) is 4.74 Å². The second-order valence-electron chi connectivity index (χ2n) is 7.18. The summed E-state index contributed by atoms with van der Waals surface area (Å²) in [7, 11) is -1.26. The predicted molar refractivity (Wildman–Crippen MR) is 95.6 cm³/mol. The number of hydrogen-bond acceptors (Lipinski definition) is 4. The maximum absolute atomic E-state index is 11.5. The van der Waals surface area contributed by atoms with E-state index in [-0.39, 0.29) is 23.0 Å². The molecule has 1 aliphatic heterocycles. The zero-order chi connectivity index (χ0) is 17.5. The third-order valence-corrected chi connectivity index (χ3v) is 5.90. The largest absolute Gasteiger partial charge is 0.377 e. The van der Waals surface area contributed by atoms with Crippen molar-refractivity contribution in [2.24, 2.45) is 16.3 Å². The first-order valence-corrected chi connectivity index (χ1v) is 10.3. The number of guanidine groups is 1. The second kappa shape index (κ2) is 8.87. The summed E-state index contributed by atoms with van der Waals surface area (Å²) in [6.45, 7) is 10.3. The molecule has 0 amide bonds. The lowest BCUT2D eigenvalue weighted by molar-refractivity contribution is -0.0835. The molecule has 0 radical (unpaired) electrons. The summed E-state index contributed by atoms with van der Waals surface area (Å²) < 4.78 is 29.0. The highest BCUT2D eigenvalue weighted by Crippen LogP contribution is 2.33. The Morgan fingerprint density at radius 2 is 2.00 bits per heavy atom. The third-order valence-electron chi connectivity index (χ3n) is 4.20. The lowest BCUT2D eigenvalue weighted by atomic mass is 9.78. The summed E-state index contributed by atoms with van der Waals surface area (Å²) in [5, 5.41) is 6.38. The van der Waals surface area contributed by atoms with Crippen molar-refractivity contribution >= 4 is 15.8 Å². The summed E-state index contributed by atoms with van der Waals surface area (Å²) in [5.41, 5.74) is 0.110. The molecule has 2 unspecified atom stereocenters. The molecular weight excluding hydrogens is 314 g/mol. The molecule has 0 spiro atoms. The van der Waals surface area contributed by atoms with Crippen LogP contribution in [0.2, 0.25) is 0 Å². The van der Waals surface area contributed by atoms with E-state index in [1.807, 2.05) is 0 Å². The topological polar surface area (TPSA) is 79.8 Å². The lowest BCUT2D eigenvalue weighted by Crippen LogP contribution is -2.48. The van der Waals surface area contributed by atoms with Gasteiger partial charge in [0.1, 0.15) is 0 Å². The molecule has 2 N–H and O–H groups in total. The monoisotopic (exact) mass is 347 g/mol. The van der Waals surface area contributed by atoms with E-state index < -0.39 is 9.84 Å². The highest BCUT2D eigenvalue weighted by Gasteiger charge is 2.35. The molecule has 2 atom stereocenters. The molecule has 0 aliphatic carbocycles. The minimum Gasteiger partial charge on any atom is -0.377 e. The zero-order valence-electron chi connectivity index (χ0n) is 15.2. The molecule has 1 saturated heterocycles. The van der Waals surface area contributed by atoms with Gasteiger partial charge in [0.15, 0.2) is 15.8 Å². The van der Waals surface area contributed by atoms with Gasteiger partial charge in [-0.1, -0.05) is 27.7 Å². The maximum atomic E-state index is 11.5. The van der Waals surface area contributed by atoms with Crippen LogP contribution in [0, 0.1) is 11.3 Å². The van der Waals surface area contributed by atoms with Crippen molar-refractivity contribution in [3.63, 3.8) is 0 Å². The van der Waals surface area contributed by atoms with Gasteiger partial charge >= 0.3 is 0 Å². The van der Waals surface area contributed by atoms with Crippen molar-refractivity contribution < 1.29 is 13.2 Å². The SMILES string of the molecule is CCS(=O)(=O)CCNC(=NC)NCC1CCCOC1C(C)(C)C. The smallest absolute Gasteiger partial charge is 0.191 e. The number of hydrogen-bond donors (Lipinski definition) is 2. The Labute approximate surface area is 141 Å². The van der Waals surface area contributed by atoms with E-state index >= 15 is 0 Å². The second-order valence-corrected chi connectivity index (χ2v) is 9.65. The van der Waals surface area contributed by atoms with Crippen LogP contribution in [0.5, 0.6) is 0 Å². The molecule has 0 aromatic heterocycles. The number of sulfone groups is 1. The molecule has 0 aromatic rings. The van der Waals surface area contributed by atoms with Crippen LogP contribution >= 0.6 is 0 Å². The number of ether oxygens (including phenoxy) is 1. The first kappa shape index (κ1) is 20.2. The van der Waals surface area contributed by atoms with E-state index in [9.17, 15) is 8.42 Å². The van der Waals surface area contributed by atoms with Crippen molar-refractivity contribution in [3.05, 3.63) is 0 Å². The highest BCUT2D eigenvalue weighted by molar-refractivity contribution is 7.91. The first-order valence-electron chi connectivity index (χ1n) is 8.46. The standard InChI is InChI=1S/C16H33N3O3S/c1-6-23(20,21)11-9-18-15(17-5)19-12-13-8-7-10-22-14(13)16(2,3)4/h13-14H,6-12H2,1-5H3,(H2,17,18,19). The van der Waals surface area contributed by atoms with Gasteiger partial charge in [0.25, 0.3) is 0 Å². The fourth-order valence-electron chi connectivity index (χ4n) is 2.93. The van der Waals surface area contributed by atoms with Crippen LogP contribution in [0.4, 0.5) is 0 Å². The normalized spacial score (nSPS) is 23.6. The van der Waals surface area contributed by atoms with Crippen molar-refractivity contribution in [1.82, 2.24) is 10.6 Å². The molecule has 0 bridgehead atoms. The Morgan fingerprint density at radius 3 is 2.57 bits per heavy atom. The average molecular weight is 348 g/mol. The van der Waals surface area contributed by atoms with Gasteiger partial charge in [0, 0.05) is 38.4 Å². The molecule has 1 fully saturated rings. The number of aliphatic imine (C=N–C) groups is 1. The van der Waals surface area contributed by atoms with E-state index in [0.29, 0.717) is 18.4 Å². The van der Waals surface area contributed by atoms with Crippen molar-refractivity contribution in [2.75, 3.05) is 38.2 Å². The molecular formula is C16H33N3O3S. The average Bonchev–Trinajstić information content (AvgIpc) is 2.50. The Hall–Kier alpha value is -0.820. The predicted octanol–water partition coefficient (Wildman–Crippen LogP) is 1.43. The molecule has 0 saturated carbocycles. The summed E-state index contributed by atoms with van der Waals surface area (Å²) in [6.07, 6.45) is 2.44. The summed E-state index contributed by atoms with van der Waals surface area (Å²) >= 11 is 0. The van der Waals surface area contributed by atoms with E-state index in [0.717, 1.165) is 26.0 Å². The van der Waals surface area contributed by atoms with Crippen molar-refractivity contribution in [2.45, 2.75) is 46.6 Å². The van der Waals surface area contributed by atoms with Gasteiger partial charge in [-0.3, -0.25) is 4.99 Å². The van der Waals surface area contributed by atoms with Gasteiger partial charge < -0.3 is 15.4 Å². The Morgan fingerprint density at radius 1 is 1.30 bits per heavy atom. The van der Waals surface area contributed by atoms with Gasteiger partial charge in [0.2, 0.25) is 0 Å². The van der Waals surface area contributed by atoms with Gasteiger partial charge in [-0.15, -0.1) is 0 Å². The van der Waals surface area contributed by atoms with Crippen LogP contribution in [-0.2, 0) is 14.6 Å². The highest BCUT2D eigenvalue weighted by atomic mass is 32.2. The molecule has 0 aromatic carbocycles. The van der Waals surface area contributed by atoms with Gasteiger partial charge in [0.05, 0.1) is 11.9 Å². The minimum absolute atomic E-state index is 0.110. The van der Waals surface area contributed by atoms with E-state index in [1.165, 1.54) is 0 Å². The Kier molecular flexibility index (Phi) is 7.80. The summed E-state index contributed by atoms with van der Waals surface area (Å²) in [4.78, 5) is 4.16. The van der Waals surface area contributed by atoms with Crippen LogP contribution < -0.4 is 10.6 Å². The number of rotatable bonds is 6. The van der Waals surface area contributed by atoms with Gasteiger partial charge in [-0.25, -0.2) is 8.42 Å². The van der Waals surface area contributed by atoms with Crippen LogP contribution in [0.3, 0.4) is 0 Å². The minimum atomic E-state index is -2.95. The maximum Gasteiger partial charge on any atom is 0.191 e. The third kappa shape index (κ3) is 7.08. The fourth-order valence-corrected chi connectivity index (χ4v) is 3.63. The van der Waals surface area contributed by atoms with Gasteiger partial charge in [-0.2, -0.15) is 0 Å². The quantitative estimate of drug-likeness (QED) is 0.561. The Balaban J connectivity index is 2.47. The van der Waals surface area contributed by atoms with E-state index in [1.54, 1.807) is 14.0 Å². The van der Waals surface area contributed by atoms with Crippen molar-refractivity contribution in [3.8, 4) is 0 Å². The molecule has 136 valence electrons. The van der Waals surface area contributed by atoms with Crippen LogP contribution in [0.1, 0.15) is 40.5 Å². The van der Waals surface area contributed by atoms with Gasteiger partial charge in [-0.05, 0) is 18.3 Å². The molecule has 1 heterocycles. The van der Waals surface area contributed by atoms with Crippen molar-refractivity contribution in [1.29, 1.82) is 0 Å². The molecule has 1 rings (SSSR count). The van der Waals surface area contributed by atoms with E-state index in [2.05, 4.69) is 36.4 Å².